The summed E-state index contributed by atoms with van der Waals surface area (Å²) in [6.45, 7) is -0.0500. The molecule has 0 saturated carbocycles. The van der Waals surface area contributed by atoms with E-state index in [0.29, 0.717) is 20.7 Å². The summed E-state index contributed by atoms with van der Waals surface area (Å²) in [5.74, 6) is 0.125. The molecule has 0 saturated heterocycles. The molecule has 5 nitrogen and oxygen atoms in total. The molecular formula is C15H15ClN2O3S. The third kappa shape index (κ3) is 4.22. The first-order valence-corrected chi connectivity index (χ1v) is 7.63. The second kappa shape index (κ2) is 7.29. The Morgan fingerprint density at radius 3 is 2.73 bits per heavy atom. The minimum Gasteiger partial charge on any atom is -0.497 e. The van der Waals surface area contributed by atoms with Gasteiger partial charge in [0, 0.05) is 18.8 Å². The Kier molecular flexibility index (Phi) is 5.41. The average Bonchev–Trinajstić information content (AvgIpc) is 2.93. The third-order valence-corrected chi connectivity index (χ3v) is 4.08. The Labute approximate surface area is 137 Å². The van der Waals surface area contributed by atoms with Crippen LogP contribution in [0.5, 0.6) is 5.75 Å². The van der Waals surface area contributed by atoms with Crippen molar-refractivity contribution in [1.82, 2.24) is 4.90 Å². The van der Waals surface area contributed by atoms with E-state index in [1.165, 1.54) is 16.2 Å². The molecule has 2 amide bonds. The number of nitrogens with one attached hydrogen (secondary N) is 1. The van der Waals surface area contributed by atoms with Crippen LogP contribution in [0.3, 0.4) is 0 Å². The summed E-state index contributed by atoms with van der Waals surface area (Å²) in [5.41, 5.74) is 0.615. The Hall–Kier alpha value is -2.05. The number of thiophene rings is 1. The van der Waals surface area contributed by atoms with Gasteiger partial charge in [0.05, 0.1) is 22.9 Å². The van der Waals surface area contributed by atoms with Crippen LogP contribution in [-0.2, 0) is 4.79 Å². The highest BCUT2D eigenvalue weighted by atomic mass is 35.5. The van der Waals surface area contributed by atoms with E-state index < -0.39 is 0 Å². The van der Waals surface area contributed by atoms with Crippen LogP contribution in [0.4, 0.5) is 5.69 Å². The second-order valence-corrected chi connectivity index (χ2v) is 6.26. The molecule has 2 rings (SSSR count). The highest BCUT2D eigenvalue weighted by molar-refractivity contribution is 7.17. The summed E-state index contributed by atoms with van der Waals surface area (Å²) in [7, 11) is 3.13. The Balaban J connectivity index is 1.94. The van der Waals surface area contributed by atoms with Crippen molar-refractivity contribution in [2.75, 3.05) is 26.0 Å². The van der Waals surface area contributed by atoms with Gasteiger partial charge in [-0.15, -0.1) is 11.3 Å². The van der Waals surface area contributed by atoms with Gasteiger partial charge >= 0.3 is 0 Å². The SMILES string of the molecule is COc1cccc(NC(=O)CN(C)C(=O)c2ccc(Cl)s2)c1. The number of anilines is 1. The molecule has 0 atom stereocenters. The Morgan fingerprint density at radius 1 is 1.32 bits per heavy atom. The monoisotopic (exact) mass is 338 g/mol. The highest BCUT2D eigenvalue weighted by Gasteiger charge is 2.16. The molecule has 0 aliphatic carbocycles. The molecule has 1 aromatic heterocycles. The third-order valence-electron chi connectivity index (χ3n) is 2.86. The topological polar surface area (TPSA) is 58.6 Å². The molecule has 0 bridgehead atoms. The van der Waals surface area contributed by atoms with Gasteiger partial charge in [0.15, 0.2) is 0 Å². The van der Waals surface area contributed by atoms with E-state index in [1.54, 1.807) is 50.6 Å². The number of rotatable bonds is 5. The van der Waals surface area contributed by atoms with Gasteiger partial charge in [0.2, 0.25) is 5.91 Å². The van der Waals surface area contributed by atoms with Crippen LogP contribution < -0.4 is 10.1 Å². The predicted molar refractivity (Wildman–Crippen MR) is 87.9 cm³/mol. The smallest absolute Gasteiger partial charge is 0.264 e. The number of hydrogen-bond donors (Lipinski definition) is 1. The van der Waals surface area contributed by atoms with Gasteiger partial charge in [0.25, 0.3) is 5.91 Å². The maximum absolute atomic E-state index is 12.1. The van der Waals surface area contributed by atoms with Crippen LogP contribution in [-0.4, -0.2) is 37.4 Å². The van der Waals surface area contributed by atoms with Crippen LogP contribution in [0.2, 0.25) is 4.34 Å². The fourth-order valence-electron chi connectivity index (χ4n) is 1.81. The average molecular weight is 339 g/mol. The van der Waals surface area contributed by atoms with E-state index in [1.807, 2.05) is 0 Å². The van der Waals surface area contributed by atoms with E-state index in [-0.39, 0.29) is 18.4 Å². The zero-order valence-electron chi connectivity index (χ0n) is 12.1. The summed E-state index contributed by atoms with van der Waals surface area (Å²) in [6, 6.07) is 10.3. The minimum atomic E-state index is -0.285. The lowest BCUT2D eigenvalue weighted by molar-refractivity contribution is -0.116. The van der Waals surface area contributed by atoms with Gasteiger partial charge < -0.3 is 15.0 Å². The van der Waals surface area contributed by atoms with Crippen molar-refractivity contribution in [1.29, 1.82) is 0 Å². The fraction of sp³-hybridized carbons (Fsp3) is 0.200. The molecule has 0 aliphatic heterocycles. The maximum atomic E-state index is 12.1. The van der Waals surface area contributed by atoms with Crippen molar-refractivity contribution in [2.45, 2.75) is 0 Å². The zero-order chi connectivity index (χ0) is 16.1. The van der Waals surface area contributed by atoms with Crippen LogP contribution >= 0.6 is 22.9 Å². The largest absolute Gasteiger partial charge is 0.497 e. The Morgan fingerprint density at radius 2 is 2.09 bits per heavy atom. The molecule has 22 heavy (non-hydrogen) atoms. The maximum Gasteiger partial charge on any atom is 0.264 e. The number of ether oxygens (including phenoxy) is 1. The molecule has 0 spiro atoms. The van der Waals surface area contributed by atoms with Gasteiger partial charge in [-0.2, -0.15) is 0 Å². The fourth-order valence-corrected chi connectivity index (χ4v) is 2.84. The molecule has 0 aliphatic rings. The molecule has 0 radical (unpaired) electrons. The molecule has 0 unspecified atom stereocenters. The van der Waals surface area contributed by atoms with Gasteiger partial charge in [-0.25, -0.2) is 0 Å². The van der Waals surface area contributed by atoms with Crippen molar-refractivity contribution in [2.24, 2.45) is 0 Å². The van der Waals surface area contributed by atoms with Crippen molar-refractivity contribution in [3.8, 4) is 5.75 Å². The van der Waals surface area contributed by atoms with E-state index >= 15 is 0 Å². The summed E-state index contributed by atoms with van der Waals surface area (Å²) in [6.07, 6.45) is 0. The molecule has 116 valence electrons. The number of benzene rings is 1. The number of methoxy groups -OCH3 is 1. The van der Waals surface area contributed by atoms with Crippen molar-refractivity contribution < 1.29 is 14.3 Å². The molecule has 1 heterocycles. The van der Waals surface area contributed by atoms with Crippen LogP contribution in [0.1, 0.15) is 9.67 Å². The number of carbonyl (C=O) groups excluding carboxylic acids is 2. The zero-order valence-corrected chi connectivity index (χ0v) is 13.7. The Bertz CT molecular complexity index is 687. The van der Waals surface area contributed by atoms with E-state index in [9.17, 15) is 9.59 Å². The lowest BCUT2D eigenvalue weighted by atomic mass is 10.3. The van der Waals surface area contributed by atoms with Gasteiger partial charge in [-0.1, -0.05) is 17.7 Å². The standard InChI is InChI=1S/C15H15ClN2O3S/c1-18(15(20)12-6-7-13(16)22-12)9-14(19)17-10-4-3-5-11(8-10)21-2/h3-8H,9H2,1-2H3,(H,17,19). The first-order chi connectivity index (χ1) is 10.5. The number of amides is 2. The van der Waals surface area contributed by atoms with Crippen molar-refractivity contribution in [3.05, 3.63) is 45.6 Å². The second-order valence-electron chi connectivity index (χ2n) is 4.55. The summed E-state index contributed by atoms with van der Waals surface area (Å²) in [4.78, 5) is 26.0. The molecule has 7 heteroatoms. The van der Waals surface area contributed by atoms with Gasteiger partial charge in [-0.05, 0) is 24.3 Å². The van der Waals surface area contributed by atoms with Crippen LogP contribution in [0, 0.1) is 0 Å². The van der Waals surface area contributed by atoms with Gasteiger partial charge in [-0.3, -0.25) is 9.59 Å². The lowest BCUT2D eigenvalue weighted by Gasteiger charge is -2.16. The quantitative estimate of drug-likeness (QED) is 0.911. The molecule has 0 fully saturated rings. The van der Waals surface area contributed by atoms with E-state index in [4.69, 9.17) is 16.3 Å². The number of hydrogen-bond acceptors (Lipinski definition) is 4. The van der Waals surface area contributed by atoms with Gasteiger partial charge in [0.1, 0.15) is 5.75 Å². The number of halogens is 1. The number of likely N-dealkylation sites (N-methyl/N-ethyl adjacent to an activating group) is 1. The summed E-state index contributed by atoms with van der Waals surface area (Å²) < 4.78 is 5.63. The van der Waals surface area contributed by atoms with Crippen LogP contribution in [0.25, 0.3) is 0 Å². The first-order valence-electron chi connectivity index (χ1n) is 6.44. The number of carbonyl (C=O) groups is 2. The first kappa shape index (κ1) is 16.3. The van der Waals surface area contributed by atoms with Crippen molar-refractivity contribution in [3.63, 3.8) is 0 Å². The molecular weight excluding hydrogens is 324 g/mol. The summed E-state index contributed by atoms with van der Waals surface area (Å²) >= 11 is 6.99. The highest BCUT2D eigenvalue weighted by Crippen LogP contribution is 2.22. The molecule has 2 aromatic rings. The van der Waals surface area contributed by atoms with E-state index in [2.05, 4.69) is 5.32 Å². The lowest BCUT2D eigenvalue weighted by Crippen LogP contribution is -2.34. The van der Waals surface area contributed by atoms with E-state index in [0.717, 1.165) is 0 Å². The summed E-state index contributed by atoms with van der Waals surface area (Å²) in [5, 5.41) is 2.72. The number of nitrogens with zero attached hydrogens (tertiary/aromatic N) is 1. The normalized spacial score (nSPS) is 10.1. The van der Waals surface area contributed by atoms with Crippen LogP contribution in [0.15, 0.2) is 36.4 Å². The van der Waals surface area contributed by atoms with Crippen molar-refractivity contribution >= 4 is 40.4 Å². The predicted octanol–water partition coefficient (Wildman–Crippen LogP) is 3.12. The minimum absolute atomic E-state index is 0.0500. The molecule has 1 N–H and O–H groups in total. The molecule has 1 aromatic carbocycles.